The lowest BCUT2D eigenvalue weighted by Crippen LogP contribution is -2.49. The molecule has 0 bridgehead atoms. The number of ether oxygens (including phenoxy) is 1. The largest absolute Gasteiger partial charge is 0.444 e. The molecular weight excluding hydrogens is 312 g/mol. The lowest BCUT2D eigenvalue weighted by atomic mass is 9.99. The second kappa shape index (κ2) is 7.47. The monoisotopic (exact) mass is 340 g/mol. The molecule has 1 aromatic rings. The third-order valence-corrected chi connectivity index (χ3v) is 4.78. The summed E-state index contributed by atoms with van der Waals surface area (Å²) in [4.78, 5) is 14.2. The minimum Gasteiger partial charge on any atom is -0.444 e. The summed E-state index contributed by atoms with van der Waals surface area (Å²) in [6.45, 7) is 10.8. The number of alkyl carbamates (subject to hydrolysis) is 1. The van der Waals surface area contributed by atoms with Crippen LogP contribution in [0.15, 0.2) is 0 Å². The normalized spacial score (nSPS) is 22.0. The van der Waals surface area contributed by atoms with Gasteiger partial charge in [0.1, 0.15) is 10.6 Å². The fourth-order valence-corrected chi connectivity index (χ4v) is 3.81. The summed E-state index contributed by atoms with van der Waals surface area (Å²) in [5, 5.41) is 13.7. The lowest BCUT2D eigenvalue weighted by Gasteiger charge is -2.37. The van der Waals surface area contributed by atoms with E-state index in [1.807, 2.05) is 20.8 Å². The van der Waals surface area contributed by atoms with E-state index in [0.29, 0.717) is 6.04 Å². The van der Waals surface area contributed by atoms with E-state index in [-0.39, 0.29) is 12.1 Å². The first-order valence-corrected chi connectivity index (χ1v) is 9.18. The summed E-state index contributed by atoms with van der Waals surface area (Å²) >= 11 is 1.68. The topological polar surface area (TPSA) is 67.4 Å². The summed E-state index contributed by atoms with van der Waals surface area (Å²) < 4.78 is 5.33. The highest BCUT2D eigenvalue weighted by Crippen LogP contribution is 2.28. The number of piperidine rings is 1. The van der Waals surface area contributed by atoms with Crippen molar-refractivity contribution < 1.29 is 9.53 Å². The molecule has 0 aromatic carbocycles. The van der Waals surface area contributed by atoms with Crippen LogP contribution in [0.25, 0.3) is 0 Å². The van der Waals surface area contributed by atoms with Gasteiger partial charge in [-0.3, -0.25) is 0 Å². The van der Waals surface area contributed by atoms with Crippen molar-refractivity contribution in [2.75, 3.05) is 11.4 Å². The maximum atomic E-state index is 11.9. The van der Waals surface area contributed by atoms with Crippen molar-refractivity contribution in [1.82, 2.24) is 15.5 Å². The van der Waals surface area contributed by atoms with E-state index in [1.165, 1.54) is 0 Å². The molecule has 2 unspecified atom stereocenters. The quantitative estimate of drug-likeness (QED) is 0.910. The maximum Gasteiger partial charge on any atom is 0.407 e. The molecule has 7 heteroatoms. The smallest absolute Gasteiger partial charge is 0.407 e. The van der Waals surface area contributed by atoms with Gasteiger partial charge in [-0.05, 0) is 47.0 Å². The summed E-state index contributed by atoms with van der Waals surface area (Å²) in [7, 11) is 0. The third kappa shape index (κ3) is 5.34. The van der Waals surface area contributed by atoms with Crippen molar-refractivity contribution in [3.63, 3.8) is 0 Å². The minimum atomic E-state index is -0.460. The van der Waals surface area contributed by atoms with Gasteiger partial charge in [-0.1, -0.05) is 18.3 Å². The number of aryl methyl sites for hydroxylation is 1. The van der Waals surface area contributed by atoms with Gasteiger partial charge in [0.05, 0.1) is 0 Å². The average Bonchev–Trinajstić information content (AvgIpc) is 2.85. The second-order valence-electron chi connectivity index (χ2n) is 7.14. The van der Waals surface area contributed by atoms with Crippen LogP contribution in [0.5, 0.6) is 0 Å². The van der Waals surface area contributed by atoms with Crippen molar-refractivity contribution in [1.29, 1.82) is 0 Å². The molecule has 2 heterocycles. The number of aromatic nitrogens is 2. The Morgan fingerprint density at radius 3 is 2.78 bits per heavy atom. The second-order valence-corrected chi connectivity index (χ2v) is 8.18. The molecule has 2 atom stereocenters. The molecule has 0 spiro atoms. The van der Waals surface area contributed by atoms with Gasteiger partial charge in [0.15, 0.2) is 0 Å². The summed E-state index contributed by atoms with van der Waals surface area (Å²) in [5.41, 5.74) is -0.460. The van der Waals surface area contributed by atoms with E-state index in [9.17, 15) is 4.79 Å². The van der Waals surface area contributed by atoms with Gasteiger partial charge >= 0.3 is 6.09 Å². The SMILES string of the molecule is CCCc1nnc(N2CCC(NC(=O)OC(C)(C)C)CC2C)s1. The first-order chi connectivity index (χ1) is 10.8. The number of rotatable bonds is 4. The Kier molecular flexibility index (Phi) is 5.84. The maximum absolute atomic E-state index is 11.9. The van der Waals surface area contributed by atoms with Gasteiger partial charge in [-0.15, -0.1) is 10.2 Å². The number of hydrogen-bond acceptors (Lipinski definition) is 6. The van der Waals surface area contributed by atoms with Crippen LogP contribution in [0.4, 0.5) is 9.93 Å². The Hall–Kier alpha value is -1.37. The third-order valence-electron chi connectivity index (χ3n) is 3.76. The molecule has 1 N–H and O–H groups in total. The molecule has 1 aromatic heterocycles. The van der Waals surface area contributed by atoms with Crippen LogP contribution in [0.2, 0.25) is 0 Å². The van der Waals surface area contributed by atoms with Crippen LogP contribution in [-0.4, -0.2) is 40.5 Å². The Balaban J connectivity index is 1.88. The van der Waals surface area contributed by atoms with Crippen LogP contribution < -0.4 is 10.2 Å². The molecule has 0 radical (unpaired) electrons. The first-order valence-electron chi connectivity index (χ1n) is 8.37. The Morgan fingerprint density at radius 2 is 2.17 bits per heavy atom. The van der Waals surface area contributed by atoms with Crippen molar-refractivity contribution in [3.05, 3.63) is 5.01 Å². The van der Waals surface area contributed by atoms with Gasteiger partial charge in [-0.25, -0.2) is 4.79 Å². The van der Waals surface area contributed by atoms with Crippen LogP contribution in [0.3, 0.4) is 0 Å². The van der Waals surface area contributed by atoms with Crippen LogP contribution in [0, 0.1) is 0 Å². The molecule has 1 fully saturated rings. The summed E-state index contributed by atoms with van der Waals surface area (Å²) in [6.07, 6.45) is 3.53. The van der Waals surface area contributed by atoms with Gasteiger partial charge < -0.3 is 15.0 Å². The molecule has 1 aliphatic heterocycles. The van der Waals surface area contributed by atoms with Gasteiger partial charge in [0.2, 0.25) is 5.13 Å². The number of carbonyl (C=O) groups is 1. The highest BCUT2D eigenvalue weighted by atomic mass is 32.1. The van der Waals surface area contributed by atoms with Crippen LogP contribution in [-0.2, 0) is 11.2 Å². The van der Waals surface area contributed by atoms with Crippen molar-refractivity contribution in [2.45, 2.75) is 78.0 Å². The Labute approximate surface area is 142 Å². The predicted octanol–water partition coefficient (Wildman–Crippen LogP) is 3.37. The summed E-state index contributed by atoms with van der Waals surface area (Å²) in [5.74, 6) is 0. The van der Waals surface area contributed by atoms with Crippen molar-refractivity contribution in [3.8, 4) is 0 Å². The zero-order valence-corrected chi connectivity index (χ0v) is 15.6. The molecule has 2 rings (SSSR count). The number of nitrogens with zero attached hydrogens (tertiary/aromatic N) is 3. The fourth-order valence-electron chi connectivity index (χ4n) is 2.74. The lowest BCUT2D eigenvalue weighted by molar-refractivity contribution is 0.0494. The van der Waals surface area contributed by atoms with Gasteiger partial charge in [-0.2, -0.15) is 0 Å². The zero-order valence-electron chi connectivity index (χ0n) is 14.8. The minimum absolute atomic E-state index is 0.152. The van der Waals surface area contributed by atoms with Crippen molar-refractivity contribution in [2.24, 2.45) is 0 Å². The van der Waals surface area contributed by atoms with Crippen LogP contribution in [0.1, 0.15) is 58.9 Å². The van der Waals surface area contributed by atoms with Gasteiger partial charge in [0.25, 0.3) is 0 Å². The molecule has 0 aliphatic carbocycles. The van der Waals surface area contributed by atoms with Crippen molar-refractivity contribution >= 4 is 22.6 Å². The standard InChI is InChI=1S/C16H28N4O2S/c1-6-7-13-18-19-14(23-13)20-9-8-12(10-11(20)2)17-15(21)22-16(3,4)5/h11-12H,6-10H2,1-5H3,(H,17,21). The van der Waals surface area contributed by atoms with E-state index < -0.39 is 5.60 Å². The average molecular weight is 340 g/mol. The highest BCUT2D eigenvalue weighted by Gasteiger charge is 2.29. The van der Waals surface area contributed by atoms with E-state index in [0.717, 1.165) is 42.4 Å². The number of amides is 1. The molecule has 6 nitrogen and oxygen atoms in total. The molecule has 1 amide bonds. The fraction of sp³-hybridized carbons (Fsp3) is 0.812. The Bertz CT molecular complexity index is 526. The predicted molar refractivity (Wildman–Crippen MR) is 93.1 cm³/mol. The molecular formula is C16H28N4O2S. The molecule has 1 aliphatic rings. The Morgan fingerprint density at radius 1 is 1.43 bits per heavy atom. The van der Waals surface area contributed by atoms with Crippen LogP contribution >= 0.6 is 11.3 Å². The molecule has 23 heavy (non-hydrogen) atoms. The van der Waals surface area contributed by atoms with E-state index in [4.69, 9.17) is 4.74 Å². The molecule has 0 saturated carbocycles. The molecule has 1 saturated heterocycles. The van der Waals surface area contributed by atoms with Gasteiger partial charge in [0, 0.05) is 25.0 Å². The first kappa shape index (κ1) is 18.0. The number of nitrogens with one attached hydrogen (secondary N) is 1. The zero-order chi connectivity index (χ0) is 17.0. The summed E-state index contributed by atoms with van der Waals surface area (Å²) in [6, 6.07) is 0.477. The number of hydrogen-bond donors (Lipinski definition) is 1. The van der Waals surface area contributed by atoms with E-state index in [1.54, 1.807) is 11.3 Å². The molecule has 130 valence electrons. The number of anilines is 1. The number of carbonyl (C=O) groups excluding carboxylic acids is 1. The van der Waals surface area contributed by atoms with E-state index >= 15 is 0 Å². The highest BCUT2D eigenvalue weighted by molar-refractivity contribution is 7.15. The van der Waals surface area contributed by atoms with E-state index in [2.05, 4.69) is 34.3 Å².